The van der Waals surface area contributed by atoms with Gasteiger partial charge >= 0.3 is 5.97 Å². The fraction of sp³-hybridized carbons (Fsp3) is 0.643. The highest BCUT2D eigenvalue weighted by Gasteiger charge is 2.42. The van der Waals surface area contributed by atoms with Gasteiger partial charge in [-0.2, -0.15) is 0 Å². The van der Waals surface area contributed by atoms with Crippen LogP contribution < -0.4 is 4.90 Å². The van der Waals surface area contributed by atoms with E-state index in [0.717, 1.165) is 37.2 Å². The van der Waals surface area contributed by atoms with E-state index in [1.807, 2.05) is 19.3 Å². The van der Waals surface area contributed by atoms with Gasteiger partial charge in [-0.1, -0.05) is 0 Å². The topological polar surface area (TPSA) is 66.3 Å². The van der Waals surface area contributed by atoms with Crippen LogP contribution in [0.1, 0.15) is 37.7 Å². The maximum Gasteiger partial charge on any atom is 0.303 e. The first kappa shape index (κ1) is 12.4. The third-order valence-electron chi connectivity index (χ3n) is 4.29. The number of carboxylic acids is 1. The molecule has 2 aliphatic rings. The van der Waals surface area contributed by atoms with Crippen molar-refractivity contribution in [2.24, 2.45) is 5.92 Å². The number of aromatic nitrogens is 2. The van der Waals surface area contributed by atoms with Crippen LogP contribution in [0.25, 0.3) is 0 Å². The molecule has 0 spiro atoms. The van der Waals surface area contributed by atoms with Crippen LogP contribution in [0.4, 0.5) is 5.95 Å². The molecule has 0 saturated carbocycles. The number of fused-ring (bicyclic) bond motifs is 2. The highest BCUT2D eigenvalue weighted by Crippen LogP contribution is 2.41. The molecule has 2 unspecified atom stereocenters. The predicted octanol–water partition coefficient (Wildman–Crippen LogP) is 2.01. The number of piperidine rings is 1. The maximum absolute atomic E-state index is 10.9. The summed E-state index contributed by atoms with van der Waals surface area (Å²) in [5.41, 5.74) is 1.07. The van der Waals surface area contributed by atoms with Crippen molar-refractivity contribution >= 4 is 11.9 Å². The van der Waals surface area contributed by atoms with Gasteiger partial charge < -0.3 is 10.0 Å². The smallest absolute Gasteiger partial charge is 0.303 e. The molecule has 1 N–H and O–H groups in total. The quantitative estimate of drug-likeness (QED) is 0.901. The second kappa shape index (κ2) is 4.79. The van der Waals surface area contributed by atoms with Crippen LogP contribution in [0.5, 0.6) is 0 Å². The van der Waals surface area contributed by atoms with Gasteiger partial charge in [0, 0.05) is 30.9 Å². The minimum atomic E-state index is -0.676. The number of carboxylic acid groups (broad SMARTS) is 1. The molecule has 102 valence electrons. The Kier molecular flexibility index (Phi) is 3.12. The zero-order valence-corrected chi connectivity index (χ0v) is 11.1. The summed E-state index contributed by atoms with van der Waals surface area (Å²) in [6.45, 7) is 1.98. The highest BCUT2D eigenvalue weighted by molar-refractivity contribution is 5.67. The number of hydrogen-bond acceptors (Lipinski definition) is 4. The van der Waals surface area contributed by atoms with Crippen LogP contribution in [0.2, 0.25) is 0 Å². The van der Waals surface area contributed by atoms with Gasteiger partial charge in [0.15, 0.2) is 0 Å². The Morgan fingerprint density at radius 2 is 1.89 bits per heavy atom. The molecule has 2 atom stereocenters. The van der Waals surface area contributed by atoms with Crippen molar-refractivity contribution < 1.29 is 9.90 Å². The van der Waals surface area contributed by atoms with Crippen molar-refractivity contribution in [2.75, 3.05) is 4.90 Å². The zero-order chi connectivity index (χ0) is 13.4. The summed E-state index contributed by atoms with van der Waals surface area (Å²) < 4.78 is 0. The number of aryl methyl sites for hydroxylation is 1. The van der Waals surface area contributed by atoms with Crippen LogP contribution in [-0.4, -0.2) is 33.1 Å². The molecule has 5 heteroatoms. The van der Waals surface area contributed by atoms with Gasteiger partial charge in [0.25, 0.3) is 0 Å². The summed E-state index contributed by atoms with van der Waals surface area (Å²) in [5.74, 6) is 0.452. The van der Waals surface area contributed by atoms with Crippen LogP contribution >= 0.6 is 0 Å². The molecule has 1 aromatic heterocycles. The molecule has 2 aliphatic heterocycles. The third-order valence-corrected chi connectivity index (χ3v) is 4.29. The van der Waals surface area contributed by atoms with Gasteiger partial charge in [-0.3, -0.25) is 4.79 Å². The Morgan fingerprint density at radius 1 is 1.32 bits per heavy atom. The second-order valence-electron chi connectivity index (χ2n) is 5.79. The summed E-state index contributed by atoms with van der Waals surface area (Å²) in [5, 5.41) is 8.93. The number of aliphatic carboxylic acids is 1. The summed E-state index contributed by atoms with van der Waals surface area (Å²) in [6, 6.07) is 0.844. The monoisotopic (exact) mass is 261 g/mol. The molecule has 0 aliphatic carbocycles. The molecular weight excluding hydrogens is 242 g/mol. The lowest BCUT2D eigenvalue weighted by Gasteiger charge is -2.38. The highest BCUT2D eigenvalue weighted by atomic mass is 16.4. The van der Waals surface area contributed by atoms with Gasteiger partial charge in [-0.05, 0) is 44.1 Å². The Balaban J connectivity index is 1.76. The van der Waals surface area contributed by atoms with E-state index < -0.39 is 5.97 Å². The van der Waals surface area contributed by atoms with E-state index in [2.05, 4.69) is 14.9 Å². The van der Waals surface area contributed by atoms with Crippen LogP contribution in [-0.2, 0) is 4.79 Å². The summed E-state index contributed by atoms with van der Waals surface area (Å²) in [7, 11) is 0. The molecule has 1 aromatic rings. The Bertz CT molecular complexity index is 460. The van der Waals surface area contributed by atoms with E-state index in [-0.39, 0.29) is 0 Å². The average Bonchev–Trinajstić information content (AvgIpc) is 2.62. The first-order chi connectivity index (χ1) is 9.13. The largest absolute Gasteiger partial charge is 0.481 e. The van der Waals surface area contributed by atoms with Crippen molar-refractivity contribution in [3.63, 3.8) is 0 Å². The number of anilines is 1. The molecule has 19 heavy (non-hydrogen) atoms. The maximum atomic E-state index is 10.9. The van der Waals surface area contributed by atoms with E-state index in [4.69, 9.17) is 5.11 Å². The zero-order valence-electron chi connectivity index (χ0n) is 11.1. The molecule has 0 amide bonds. The first-order valence-corrected chi connectivity index (χ1v) is 6.92. The van der Waals surface area contributed by atoms with Crippen molar-refractivity contribution in [3.8, 4) is 0 Å². The SMILES string of the molecule is Cc1cnc(N2C3CCC2CC(CC(=O)O)C3)nc1. The van der Waals surface area contributed by atoms with E-state index >= 15 is 0 Å². The second-order valence-corrected chi connectivity index (χ2v) is 5.79. The van der Waals surface area contributed by atoms with Crippen molar-refractivity contribution in [3.05, 3.63) is 18.0 Å². The number of hydrogen-bond donors (Lipinski definition) is 1. The first-order valence-electron chi connectivity index (χ1n) is 6.92. The third kappa shape index (κ3) is 2.41. The van der Waals surface area contributed by atoms with Gasteiger partial charge in [0.1, 0.15) is 0 Å². The van der Waals surface area contributed by atoms with Crippen molar-refractivity contribution in [1.82, 2.24) is 9.97 Å². The normalized spacial score (nSPS) is 29.5. The minimum Gasteiger partial charge on any atom is -0.481 e. The standard InChI is InChI=1S/C14H19N3O2/c1-9-7-15-14(16-8-9)17-11-2-3-12(17)5-10(4-11)6-13(18)19/h7-8,10-12H,2-6H2,1H3,(H,18,19). The average molecular weight is 261 g/mol. The fourth-order valence-electron chi connectivity index (χ4n) is 3.55. The molecule has 3 heterocycles. The molecule has 0 radical (unpaired) electrons. The molecule has 2 bridgehead atoms. The van der Waals surface area contributed by atoms with Crippen molar-refractivity contribution in [2.45, 2.75) is 51.1 Å². The van der Waals surface area contributed by atoms with Gasteiger partial charge in [-0.15, -0.1) is 0 Å². The summed E-state index contributed by atoms with van der Waals surface area (Å²) in [6.07, 6.45) is 8.20. The summed E-state index contributed by atoms with van der Waals surface area (Å²) >= 11 is 0. The van der Waals surface area contributed by atoms with Crippen LogP contribution in [0.3, 0.4) is 0 Å². The van der Waals surface area contributed by atoms with E-state index in [1.54, 1.807) is 0 Å². The number of nitrogens with zero attached hydrogens (tertiary/aromatic N) is 3. The number of carbonyl (C=O) groups is 1. The van der Waals surface area contributed by atoms with Gasteiger partial charge in [0.05, 0.1) is 0 Å². The Morgan fingerprint density at radius 3 is 2.42 bits per heavy atom. The number of rotatable bonds is 3. The molecular formula is C14H19N3O2. The van der Waals surface area contributed by atoms with Gasteiger partial charge in [-0.25, -0.2) is 9.97 Å². The molecule has 2 fully saturated rings. The lowest BCUT2D eigenvalue weighted by atomic mass is 9.88. The summed E-state index contributed by atoms with van der Waals surface area (Å²) in [4.78, 5) is 22.0. The Hall–Kier alpha value is -1.65. The predicted molar refractivity (Wildman–Crippen MR) is 71.0 cm³/mol. The molecule has 3 rings (SSSR count). The fourth-order valence-corrected chi connectivity index (χ4v) is 3.55. The molecule has 5 nitrogen and oxygen atoms in total. The van der Waals surface area contributed by atoms with Crippen LogP contribution in [0, 0.1) is 12.8 Å². The molecule has 2 saturated heterocycles. The van der Waals surface area contributed by atoms with Gasteiger partial charge in [0.2, 0.25) is 5.95 Å². The van der Waals surface area contributed by atoms with Crippen molar-refractivity contribution in [1.29, 1.82) is 0 Å². The lowest BCUT2D eigenvalue weighted by molar-refractivity contribution is -0.138. The lowest BCUT2D eigenvalue weighted by Crippen LogP contribution is -2.44. The Labute approximate surface area is 112 Å². The van der Waals surface area contributed by atoms with E-state index in [1.165, 1.54) is 0 Å². The minimum absolute atomic E-state index is 0.301. The van der Waals surface area contributed by atoms with E-state index in [0.29, 0.717) is 24.4 Å². The van der Waals surface area contributed by atoms with E-state index in [9.17, 15) is 4.79 Å². The molecule has 0 aromatic carbocycles. The van der Waals surface area contributed by atoms with Crippen LogP contribution in [0.15, 0.2) is 12.4 Å².